The van der Waals surface area contributed by atoms with Crippen molar-refractivity contribution in [2.45, 2.75) is 42.9 Å². The zero-order chi connectivity index (χ0) is 32.9. The van der Waals surface area contributed by atoms with Crippen molar-refractivity contribution in [3.8, 4) is 5.75 Å². The Morgan fingerprint density at radius 2 is 1.87 bits per heavy atom. The van der Waals surface area contributed by atoms with Crippen LogP contribution >= 0.6 is 11.6 Å². The van der Waals surface area contributed by atoms with Crippen LogP contribution in [-0.2, 0) is 26.8 Å². The van der Waals surface area contributed by atoms with E-state index in [2.05, 4.69) is 27.5 Å². The van der Waals surface area contributed by atoms with Crippen LogP contribution in [0.1, 0.15) is 30.9 Å². The molecule has 0 aliphatic carbocycles. The molecule has 47 heavy (non-hydrogen) atoms. The van der Waals surface area contributed by atoms with E-state index < -0.39 is 15.4 Å². The minimum atomic E-state index is -3.43. The molecule has 0 bridgehead atoms. The van der Waals surface area contributed by atoms with Crippen LogP contribution in [-0.4, -0.2) is 36.7 Å². The van der Waals surface area contributed by atoms with Gasteiger partial charge in [-0.25, -0.2) is 22.8 Å². The third-order valence-corrected chi connectivity index (χ3v) is 10.3. The second-order valence-electron chi connectivity index (χ2n) is 11.3. The number of nitrogens with zero attached hydrogens (tertiary/aromatic N) is 2. The molecule has 1 aliphatic heterocycles. The summed E-state index contributed by atoms with van der Waals surface area (Å²) >= 11 is 6.56. The highest BCUT2D eigenvalue weighted by molar-refractivity contribution is 7.91. The summed E-state index contributed by atoms with van der Waals surface area (Å²) in [5.41, 5.74) is 2.29. The highest BCUT2D eigenvalue weighted by Crippen LogP contribution is 2.41. The van der Waals surface area contributed by atoms with Gasteiger partial charge in [-0.15, -0.1) is 0 Å². The largest absolute Gasteiger partial charge is 0.489 e. The highest BCUT2D eigenvalue weighted by Gasteiger charge is 2.43. The number of aromatic nitrogens is 2. The lowest BCUT2D eigenvalue weighted by atomic mass is 9.82. The van der Waals surface area contributed by atoms with Gasteiger partial charge in [-0.05, 0) is 78.2 Å². The SMILES string of the molecule is CCC(NCCS(=O)(=O)c1ccccc1)C1(c2ccc3ncnc(Nc4ccc(OCc5cccc(F)c5)c(Cl)c4)c3c2)CC=CO1. The molecule has 5 aromatic rings. The van der Waals surface area contributed by atoms with Crippen LogP contribution in [0.2, 0.25) is 5.02 Å². The topological polar surface area (TPSA) is 102 Å². The molecular weight excluding hydrogens is 639 g/mol. The van der Waals surface area contributed by atoms with Crippen LogP contribution in [0.3, 0.4) is 0 Å². The van der Waals surface area contributed by atoms with Crippen molar-refractivity contribution < 1.29 is 22.3 Å². The van der Waals surface area contributed by atoms with Crippen LogP contribution in [0, 0.1) is 5.82 Å². The molecule has 0 saturated carbocycles. The molecule has 2 unspecified atom stereocenters. The second-order valence-corrected chi connectivity index (χ2v) is 13.8. The first-order chi connectivity index (χ1) is 22.8. The Kier molecular flexibility index (Phi) is 9.72. The van der Waals surface area contributed by atoms with E-state index in [-0.39, 0.29) is 30.8 Å². The van der Waals surface area contributed by atoms with Crippen LogP contribution < -0.4 is 15.4 Å². The summed E-state index contributed by atoms with van der Waals surface area (Å²) in [5, 5.41) is 8.01. The van der Waals surface area contributed by atoms with Gasteiger partial charge < -0.3 is 20.1 Å². The molecule has 0 fully saturated rings. The van der Waals surface area contributed by atoms with Gasteiger partial charge in [0.2, 0.25) is 0 Å². The number of sulfone groups is 1. The van der Waals surface area contributed by atoms with E-state index >= 15 is 0 Å². The average Bonchev–Trinajstić information content (AvgIpc) is 3.58. The molecule has 4 aromatic carbocycles. The molecule has 1 aromatic heterocycles. The Labute approximate surface area is 278 Å². The van der Waals surface area contributed by atoms with Gasteiger partial charge in [0.15, 0.2) is 15.4 Å². The molecule has 1 aliphatic rings. The van der Waals surface area contributed by atoms with Crippen LogP contribution in [0.5, 0.6) is 5.75 Å². The van der Waals surface area contributed by atoms with Gasteiger partial charge in [-0.2, -0.15) is 0 Å². The van der Waals surface area contributed by atoms with Crippen molar-refractivity contribution in [2.75, 3.05) is 17.6 Å². The quantitative estimate of drug-likeness (QED) is 0.131. The zero-order valence-electron chi connectivity index (χ0n) is 25.7. The van der Waals surface area contributed by atoms with Crippen molar-refractivity contribution in [1.82, 2.24) is 15.3 Å². The molecule has 0 amide bonds. The molecule has 0 saturated heterocycles. The molecule has 6 rings (SSSR count). The van der Waals surface area contributed by atoms with Crippen LogP contribution in [0.15, 0.2) is 115 Å². The standard InChI is InChI=1S/C36H34ClFN4O4S/c1-2-34(39-17-19-47(43,44)29-10-4-3-5-11-29)36(16-7-18-46-36)26-12-14-32-30(21-26)35(41-24-40-32)42-28-13-15-33(31(37)22-28)45-23-25-8-6-9-27(38)20-25/h3-15,18,20-22,24,34,39H,2,16-17,19,23H2,1H3,(H,40,41,42). The second kappa shape index (κ2) is 14.1. The van der Waals surface area contributed by atoms with Gasteiger partial charge in [0.05, 0.1) is 33.5 Å². The smallest absolute Gasteiger partial charge is 0.179 e. The fourth-order valence-electron chi connectivity index (χ4n) is 5.84. The van der Waals surface area contributed by atoms with Crippen molar-refractivity contribution in [2.24, 2.45) is 0 Å². The Hall–Kier alpha value is -4.51. The van der Waals surface area contributed by atoms with E-state index in [0.29, 0.717) is 45.6 Å². The van der Waals surface area contributed by atoms with E-state index in [1.54, 1.807) is 60.9 Å². The summed E-state index contributed by atoms with van der Waals surface area (Å²) in [7, 11) is -3.43. The maximum absolute atomic E-state index is 13.5. The van der Waals surface area contributed by atoms with E-state index in [0.717, 1.165) is 16.5 Å². The molecule has 2 heterocycles. The molecule has 0 radical (unpaired) electrons. The fraction of sp³-hybridized carbons (Fsp3) is 0.222. The van der Waals surface area contributed by atoms with E-state index in [1.165, 1.54) is 18.5 Å². The maximum atomic E-state index is 13.5. The third kappa shape index (κ3) is 7.25. The number of rotatable bonds is 13. The summed E-state index contributed by atoms with van der Waals surface area (Å²) in [4.78, 5) is 9.31. The monoisotopic (exact) mass is 672 g/mol. The Morgan fingerprint density at radius 3 is 2.62 bits per heavy atom. The van der Waals surface area contributed by atoms with Gasteiger partial charge in [-0.3, -0.25) is 0 Å². The first-order valence-electron chi connectivity index (χ1n) is 15.3. The van der Waals surface area contributed by atoms with E-state index in [1.807, 2.05) is 30.3 Å². The maximum Gasteiger partial charge on any atom is 0.179 e. The predicted molar refractivity (Wildman–Crippen MR) is 182 cm³/mol. The number of benzene rings is 4. The predicted octanol–water partition coefficient (Wildman–Crippen LogP) is 7.72. The Bertz CT molecular complexity index is 2000. The number of nitrogens with one attached hydrogen (secondary N) is 2. The minimum absolute atomic E-state index is 0.0339. The lowest BCUT2D eigenvalue weighted by Gasteiger charge is -2.37. The first-order valence-corrected chi connectivity index (χ1v) is 17.3. The number of halogens is 2. The number of anilines is 2. The minimum Gasteiger partial charge on any atom is -0.489 e. The molecular formula is C36H34ClFN4O4S. The van der Waals surface area contributed by atoms with Crippen molar-refractivity contribution in [1.29, 1.82) is 0 Å². The third-order valence-electron chi connectivity index (χ3n) is 8.23. The summed E-state index contributed by atoms with van der Waals surface area (Å²) in [6, 6.07) is 25.8. The number of hydrogen-bond donors (Lipinski definition) is 2. The zero-order valence-corrected chi connectivity index (χ0v) is 27.3. The lowest BCUT2D eigenvalue weighted by molar-refractivity contribution is 0.00159. The van der Waals surface area contributed by atoms with Gasteiger partial charge in [0.1, 0.15) is 30.3 Å². The summed E-state index contributed by atoms with van der Waals surface area (Å²) < 4.78 is 51.5. The number of fused-ring (bicyclic) bond motifs is 1. The fourth-order valence-corrected chi connectivity index (χ4v) is 7.27. The van der Waals surface area contributed by atoms with Crippen molar-refractivity contribution >= 4 is 43.8 Å². The van der Waals surface area contributed by atoms with Gasteiger partial charge in [0, 0.05) is 24.0 Å². The van der Waals surface area contributed by atoms with Gasteiger partial charge in [-0.1, -0.05) is 54.9 Å². The number of hydrogen-bond acceptors (Lipinski definition) is 8. The molecule has 2 atom stereocenters. The van der Waals surface area contributed by atoms with Crippen LogP contribution in [0.4, 0.5) is 15.9 Å². The average molecular weight is 673 g/mol. The Morgan fingerprint density at radius 1 is 1.02 bits per heavy atom. The normalized spacial score (nSPS) is 16.6. The van der Waals surface area contributed by atoms with E-state index in [4.69, 9.17) is 21.1 Å². The molecule has 8 nitrogen and oxygen atoms in total. The molecule has 2 N–H and O–H groups in total. The first kappa shape index (κ1) is 32.4. The number of ether oxygens (including phenoxy) is 2. The Balaban J connectivity index is 1.21. The summed E-state index contributed by atoms with van der Waals surface area (Å²) in [6.07, 6.45) is 6.49. The highest BCUT2D eigenvalue weighted by atomic mass is 35.5. The van der Waals surface area contributed by atoms with Crippen molar-refractivity contribution in [3.05, 3.63) is 132 Å². The molecule has 0 spiro atoms. The van der Waals surface area contributed by atoms with Crippen molar-refractivity contribution in [3.63, 3.8) is 0 Å². The molecule has 242 valence electrons. The summed E-state index contributed by atoms with van der Waals surface area (Å²) in [5.74, 6) is 0.694. The lowest BCUT2D eigenvalue weighted by Crippen LogP contribution is -2.49. The summed E-state index contributed by atoms with van der Waals surface area (Å²) in [6.45, 7) is 2.50. The van der Waals surface area contributed by atoms with E-state index in [9.17, 15) is 12.8 Å². The molecule has 11 heteroatoms. The van der Waals surface area contributed by atoms with Crippen LogP contribution in [0.25, 0.3) is 10.9 Å². The van der Waals surface area contributed by atoms with Gasteiger partial charge in [0.25, 0.3) is 0 Å². The van der Waals surface area contributed by atoms with Gasteiger partial charge >= 0.3 is 0 Å².